The lowest BCUT2D eigenvalue weighted by Crippen LogP contribution is -1.98. The number of benzene rings is 2. The molecular weight excluding hydrogens is 260 g/mol. The molecule has 0 aliphatic heterocycles. The van der Waals surface area contributed by atoms with Gasteiger partial charge in [-0.2, -0.15) is 0 Å². The second-order valence-corrected chi connectivity index (χ2v) is 5.04. The summed E-state index contributed by atoms with van der Waals surface area (Å²) < 4.78 is 7.47. The van der Waals surface area contributed by atoms with Crippen LogP contribution in [0, 0.1) is 0 Å². The van der Waals surface area contributed by atoms with Crippen molar-refractivity contribution < 1.29 is 4.74 Å². The van der Waals surface area contributed by atoms with Crippen LogP contribution in [0.25, 0.3) is 10.9 Å². The monoisotopic (exact) mass is 280 g/mol. The molecule has 0 radical (unpaired) electrons. The van der Waals surface area contributed by atoms with E-state index in [2.05, 4.69) is 47.3 Å². The summed E-state index contributed by atoms with van der Waals surface area (Å²) in [5.74, 6) is 0.878. The van der Waals surface area contributed by atoms with E-state index in [1.807, 2.05) is 24.3 Å². The quantitative estimate of drug-likeness (QED) is 0.755. The van der Waals surface area contributed by atoms with Gasteiger partial charge in [0.05, 0.1) is 7.11 Å². The van der Waals surface area contributed by atoms with Crippen LogP contribution < -0.4 is 10.1 Å². The first kappa shape index (κ1) is 13.6. The molecule has 0 saturated carbocycles. The smallest absolute Gasteiger partial charge is 0.119 e. The number of hydrogen-bond acceptors (Lipinski definition) is 2. The van der Waals surface area contributed by atoms with Gasteiger partial charge >= 0.3 is 0 Å². The summed E-state index contributed by atoms with van der Waals surface area (Å²) in [6.45, 7) is 3.98. The molecule has 3 nitrogen and oxygen atoms in total. The highest BCUT2D eigenvalue weighted by atomic mass is 16.5. The second-order valence-electron chi connectivity index (χ2n) is 5.04. The molecule has 0 atom stereocenters. The Morgan fingerprint density at radius 2 is 1.81 bits per heavy atom. The van der Waals surface area contributed by atoms with E-state index in [1.54, 1.807) is 7.11 Å². The van der Waals surface area contributed by atoms with Gasteiger partial charge in [-0.15, -0.1) is 0 Å². The third-order valence-corrected chi connectivity index (χ3v) is 3.78. The van der Waals surface area contributed by atoms with Crippen LogP contribution in [-0.4, -0.2) is 11.7 Å². The number of methoxy groups -OCH3 is 1. The minimum atomic E-state index is 0.819. The Kier molecular flexibility index (Phi) is 3.82. The first-order valence-corrected chi connectivity index (χ1v) is 7.26. The van der Waals surface area contributed by atoms with Gasteiger partial charge in [0.15, 0.2) is 0 Å². The van der Waals surface area contributed by atoms with Gasteiger partial charge in [0.2, 0.25) is 0 Å². The molecule has 2 aromatic carbocycles. The van der Waals surface area contributed by atoms with Gasteiger partial charge in [0, 0.05) is 35.9 Å². The number of hydrogen-bond donors (Lipinski definition) is 1. The zero-order chi connectivity index (χ0) is 14.7. The van der Waals surface area contributed by atoms with Crippen LogP contribution in [0.1, 0.15) is 12.5 Å². The molecule has 0 bridgehead atoms. The van der Waals surface area contributed by atoms with Crippen molar-refractivity contribution in [3.05, 3.63) is 60.3 Å². The van der Waals surface area contributed by atoms with E-state index < -0.39 is 0 Å². The molecule has 108 valence electrons. The lowest BCUT2D eigenvalue weighted by Gasteiger charge is -2.06. The molecule has 3 rings (SSSR count). The van der Waals surface area contributed by atoms with Crippen LogP contribution >= 0.6 is 0 Å². The maximum Gasteiger partial charge on any atom is 0.119 e. The maximum absolute atomic E-state index is 5.18. The molecule has 1 heterocycles. The van der Waals surface area contributed by atoms with Gasteiger partial charge in [0.25, 0.3) is 0 Å². The van der Waals surface area contributed by atoms with Gasteiger partial charge < -0.3 is 14.6 Å². The largest absolute Gasteiger partial charge is 0.497 e. The molecule has 0 unspecified atom stereocenters. The number of aryl methyl sites for hydroxylation is 1. The highest BCUT2D eigenvalue weighted by molar-refractivity contribution is 5.84. The maximum atomic E-state index is 5.18. The number of ether oxygens (including phenoxy) is 1. The van der Waals surface area contributed by atoms with E-state index in [0.29, 0.717) is 0 Å². The Bertz CT molecular complexity index is 729. The molecule has 0 aliphatic carbocycles. The van der Waals surface area contributed by atoms with E-state index in [0.717, 1.165) is 24.5 Å². The van der Waals surface area contributed by atoms with Crippen molar-refractivity contribution in [2.45, 2.75) is 20.0 Å². The number of rotatable bonds is 5. The number of fused-ring (bicyclic) bond motifs is 1. The molecule has 0 aliphatic rings. The minimum Gasteiger partial charge on any atom is -0.497 e. The lowest BCUT2D eigenvalue weighted by molar-refractivity contribution is 0.415. The van der Waals surface area contributed by atoms with E-state index in [4.69, 9.17) is 4.74 Å². The molecule has 1 aromatic heterocycles. The molecule has 3 heteroatoms. The second kappa shape index (κ2) is 5.92. The summed E-state index contributed by atoms with van der Waals surface area (Å²) in [4.78, 5) is 0. The minimum absolute atomic E-state index is 0.819. The molecule has 1 N–H and O–H groups in total. The summed E-state index contributed by atoms with van der Waals surface area (Å²) in [5, 5.41) is 4.79. The molecule has 21 heavy (non-hydrogen) atoms. The molecule has 0 fully saturated rings. The van der Waals surface area contributed by atoms with Gasteiger partial charge in [-0.3, -0.25) is 0 Å². The topological polar surface area (TPSA) is 26.2 Å². The third-order valence-electron chi connectivity index (χ3n) is 3.78. The van der Waals surface area contributed by atoms with Crippen molar-refractivity contribution >= 4 is 16.6 Å². The zero-order valence-electron chi connectivity index (χ0n) is 12.5. The van der Waals surface area contributed by atoms with Crippen molar-refractivity contribution in [3.63, 3.8) is 0 Å². The predicted octanol–water partition coefficient (Wildman–Crippen LogP) is 4.28. The Morgan fingerprint density at radius 3 is 2.52 bits per heavy atom. The fraction of sp³-hybridized carbons (Fsp3) is 0.222. The van der Waals surface area contributed by atoms with Crippen LogP contribution in [0.4, 0.5) is 5.69 Å². The summed E-state index contributed by atoms with van der Waals surface area (Å²) >= 11 is 0. The number of nitrogens with zero attached hydrogens (tertiary/aromatic N) is 1. The highest BCUT2D eigenvalue weighted by Crippen LogP contribution is 2.23. The number of nitrogens with one attached hydrogen (secondary N) is 1. The van der Waals surface area contributed by atoms with E-state index >= 15 is 0 Å². The number of para-hydroxylation sites is 1. The Labute approximate surface area is 125 Å². The lowest BCUT2D eigenvalue weighted by atomic mass is 10.2. The van der Waals surface area contributed by atoms with Gasteiger partial charge in [0.1, 0.15) is 5.75 Å². The fourth-order valence-electron chi connectivity index (χ4n) is 2.63. The van der Waals surface area contributed by atoms with E-state index in [1.165, 1.54) is 16.5 Å². The van der Waals surface area contributed by atoms with Crippen LogP contribution in [0.15, 0.2) is 54.7 Å². The zero-order valence-corrected chi connectivity index (χ0v) is 12.5. The number of anilines is 1. The third kappa shape index (κ3) is 2.72. The van der Waals surface area contributed by atoms with Crippen molar-refractivity contribution in [1.82, 2.24) is 4.57 Å². The average Bonchev–Trinajstić information content (AvgIpc) is 2.91. The first-order chi connectivity index (χ1) is 10.3. The first-order valence-electron chi connectivity index (χ1n) is 7.26. The molecule has 3 aromatic rings. The molecular formula is C18H20N2O. The molecule has 0 spiro atoms. The van der Waals surface area contributed by atoms with Crippen molar-refractivity contribution in [1.29, 1.82) is 0 Å². The van der Waals surface area contributed by atoms with E-state index in [9.17, 15) is 0 Å². The van der Waals surface area contributed by atoms with Crippen molar-refractivity contribution in [2.24, 2.45) is 0 Å². The summed E-state index contributed by atoms with van der Waals surface area (Å²) in [5.41, 5.74) is 3.72. The SMILES string of the molecule is CCn1cc(CNc2ccc(OC)cc2)c2ccccc21. The summed E-state index contributed by atoms with van der Waals surface area (Å²) in [7, 11) is 1.68. The van der Waals surface area contributed by atoms with Gasteiger partial charge in [-0.25, -0.2) is 0 Å². The summed E-state index contributed by atoms with van der Waals surface area (Å²) in [6, 6.07) is 16.6. The Balaban J connectivity index is 1.81. The fourth-order valence-corrected chi connectivity index (χ4v) is 2.63. The normalized spacial score (nSPS) is 10.8. The van der Waals surface area contributed by atoms with E-state index in [-0.39, 0.29) is 0 Å². The molecule has 0 saturated heterocycles. The van der Waals surface area contributed by atoms with Crippen LogP contribution in [0.2, 0.25) is 0 Å². The molecule has 0 amide bonds. The Hall–Kier alpha value is -2.42. The highest BCUT2D eigenvalue weighted by Gasteiger charge is 2.06. The van der Waals surface area contributed by atoms with Crippen molar-refractivity contribution in [3.8, 4) is 5.75 Å². The number of aromatic nitrogens is 1. The Morgan fingerprint density at radius 1 is 1.05 bits per heavy atom. The van der Waals surface area contributed by atoms with Gasteiger partial charge in [-0.05, 0) is 42.8 Å². The average molecular weight is 280 g/mol. The summed E-state index contributed by atoms with van der Waals surface area (Å²) in [6.07, 6.45) is 2.24. The van der Waals surface area contributed by atoms with Crippen molar-refractivity contribution in [2.75, 3.05) is 12.4 Å². The predicted molar refractivity (Wildman–Crippen MR) is 87.9 cm³/mol. The van der Waals surface area contributed by atoms with Crippen LogP contribution in [-0.2, 0) is 13.1 Å². The van der Waals surface area contributed by atoms with Gasteiger partial charge in [-0.1, -0.05) is 18.2 Å². The van der Waals surface area contributed by atoms with Crippen LogP contribution in [0.5, 0.6) is 5.75 Å². The standard InChI is InChI=1S/C18H20N2O/c1-3-20-13-14(17-6-4-5-7-18(17)20)12-19-15-8-10-16(21-2)11-9-15/h4-11,13,19H,3,12H2,1-2H3. The van der Waals surface area contributed by atoms with Crippen LogP contribution in [0.3, 0.4) is 0 Å².